The third-order valence-electron chi connectivity index (χ3n) is 4.33. The molecule has 0 amide bonds. The number of hydrogen-bond donors (Lipinski definition) is 1. The van der Waals surface area contributed by atoms with Crippen LogP contribution in [0.1, 0.15) is 33.3 Å². The lowest BCUT2D eigenvalue weighted by Gasteiger charge is -2.32. The van der Waals surface area contributed by atoms with Crippen molar-refractivity contribution in [3.05, 3.63) is 35.1 Å². The summed E-state index contributed by atoms with van der Waals surface area (Å²) in [4.78, 5) is 0. The lowest BCUT2D eigenvalue weighted by atomic mass is 9.77. The molecule has 0 bridgehead atoms. The van der Waals surface area contributed by atoms with Crippen LogP contribution in [0.3, 0.4) is 0 Å². The smallest absolute Gasteiger partial charge is 0.491 e. The highest BCUT2D eigenvalue weighted by Gasteiger charge is 2.52. The Hall–Kier alpha value is -1.37. The summed E-state index contributed by atoms with van der Waals surface area (Å²) in [6, 6.07) is 4.75. The number of nitrogens with two attached hydrogens (primary N) is 1. The Morgan fingerprint density at radius 2 is 1.86 bits per heavy atom. The summed E-state index contributed by atoms with van der Waals surface area (Å²) in [5.41, 5.74) is 6.30. The molecule has 0 radical (unpaired) electrons. The van der Waals surface area contributed by atoms with Gasteiger partial charge in [0.15, 0.2) is 11.6 Å². The number of hydrogen-bond acceptors (Lipinski definition) is 4. The lowest BCUT2D eigenvalue weighted by Crippen LogP contribution is -2.41. The third-order valence-corrected chi connectivity index (χ3v) is 4.33. The molecule has 1 heterocycles. The molecule has 2 rings (SSSR count). The minimum atomic E-state index is -0.553. The van der Waals surface area contributed by atoms with Crippen molar-refractivity contribution < 1.29 is 18.4 Å². The Balaban J connectivity index is 2.36. The van der Waals surface area contributed by atoms with E-state index >= 15 is 0 Å². The highest BCUT2D eigenvalue weighted by atomic mass is 19.1. The first-order valence-electron chi connectivity index (χ1n) is 7.30. The molecule has 0 saturated carbocycles. The summed E-state index contributed by atoms with van der Waals surface area (Å²) < 4.78 is 30.9. The second-order valence-corrected chi connectivity index (χ2v) is 6.37. The highest BCUT2D eigenvalue weighted by molar-refractivity contribution is 6.55. The van der Waals surface area contributed by atoms with Crippen molar-refractivity contribution in [1.29, 1.82) is 0 Å². The molecule has 4 nitrogen and oxygen atoms in total. The normalized spacial score (nSPS) is 20.3. The van der Waals surface area contributed by atoms with Crippen LogP contribution in [0.5, 0.6) is 5.75 Å². The Bertz CT molecular complexity index is 571. The average molecular weight is 307 g/mol. The maximum atomic E-state index is 13.8. The van der Waals surface area contributed by atoms with Crippen molar-refractivity contribution in [3.63, 3.8) is 0 Å². The Labute approximate surface area is 131 Å². The fraction of sp³-hybridized carbons (Fsp3) is 0.500. The SMILES string of the molecule is COc1c(F)cccc1C=C(CN)B1OC(C)(C)C(C)(C)O1. The average Bonchev–Trinajstić information content (AvgIpc) is 2.64. The van der Waals surface area contributed by atoms with Gasteiger partial charge in [-0.05, 0) is 39.2 Å². The van der Waals surface area contributed by atoms with Crippen molar-refractivity contribution in [1.82, 2.24) is 0 Å². The highest BCUT2D eigenvalue weighted by Crippen LogP contribution is 2.39. The van der Waals surface area contributed by atoms with E-state index < -0.39 is 24.1 Å². The van der Waals surface area contributed by atoms with Gasteiger partial charge in [-0.1, -0.05) is 18.2 Å². The second-order valence-electron chi connectivity index (χ2n) is 6.37. The molecule has 1 aromatic carbocycles. The third kappa shape index (κ3) is 3.04. The van der Waals surface area contributed by atoms with E-state index in [2.05, 4.69) is 0 Å². The number of halogens is 1. The molecule has 0 spiro atoms. The van der Waals surface area contributed by atoms with Crippen LogP contribution in [0, 0.1) is 5.82 Å². The molecule has 6 heteroatoms. The Morgan fingerprint density at radius 1 is 1.27 bits per heavy atom. The molecule has 22 heavy (non-hydrogen) atoms. The first kappa shape index (κ1) is 17.0. The summed E-state index contributed by atoms with van der Waals surface area (Å²) in [5, 5.41) is 0. The molecule has 0 atom stereocenters. The lowest BCUT2D eigenvalue weighted by molar-refractivity contribution is 0.00578. The van der Waals surface area contributed by atoms with Gasteiger partial charge in [-0.2, -0.15) is 0 Å². The molecular weight excluding hydrogens is 284 g/mol. The summed E-state index contributed by atoms with van der Waals surface area (Å²) in [7, 11) is 0.884. The molecule has 1 fully saturated rings. The fourth-order valence-electron chi connectivity index (χ4n) is 2.27. The van der Waals surface area contributed by atoms with Gasteiger partial charge in [-0.15, -0.1) is 0 Å². The monoisotopic (exact) mass is 307 g/mol. The maximum Gasteiger partial charge on any atom is 0.491 e. The molecule has 1 saturated heterocycles. The van der Waals surface area contributed by atoms with Gasteiger partial charge >= 0.3 is 7.12 Å². The zero-order valence-corrected chi connectivity index (χ0v) is 13.8. The largest absolute Gasteiger partial charge is 0.493 e. The predicted octanol–water partition coefficient (Wildman–Crippen LogP) is 2.81. The van der Waals surface area contributed by atoms with E-state index in [4.69, 9.17) is 19.8 Å². The van der Waals surface area contributed by atoms with Gasteiger partial charge in [0.25, 0.3) is 0 Å². The van der Waals surface area contributed by atoms with Gasteiger partial charge in [0, 0.05) is 12.1 Å². The molecule has 2 N–H and O–H groups in total. The van der Waals surface area contributed by atoms with Crippen molar-refractivity contribution in [2.24, 2.45) is 5.73 Å². The number of ether oxygens (including phenoxy) is 1. The van der Waals surface area contributed by atoms with Gasteiger partial charge in [0.2, 0.25) is 0 Å². The van der Waals surface area contributed by atoms with Crippen LogP contribution in [-0.2, 0) is 9.31 Å². The van der Waals surface area contributed by atoms with E-state index in [1.165, 1.54) is 13.2 Å². The first-order valence-corrected chi connectivity index (χ1v) is 7.30. The van der Waals surface area contributed by atoms with E-state index in [1.807, 2.05) is 27.7 Å². The standard InChI is InChI=1S/C16H23BFNO3/c1-15(2)16(3,4)22-17(21-15)12(10-19)9-11-7-6-8-13(18)14(11)20-5/h6-9H,10,19H2,1-5H3. The Kier molecular flexibility index (Phi) is 4.66. The molecule has 120 valence electrons. The van der Waals surface area contributed by atoms with Crippen LogP contribution in [0.25, 0.3) is 6.08 Å². The topological polar surface area (TPSA) is 53.7 Å². The van der Waals surface area contributed by atoms with E-state index in [1.54, 1.807) is 18.2 Å². The number of benzene rings is 1. The van der Waals surface area contributed by atoms with Crippen molar-refractivity contribution >= 4 is 13.2 Å². The van der Waals surface area contributed by atoms with E-state index in [9.17, 15) is 4.39 Å². The minimum Gasteiger partial charge on any atom is -0.493 e. The molecule has 0 aromatic heterocycles. The van der Waals surface area contributed by atoms with Crippen LogP contribution >= 0.6 is 0 Å². The number of rotatable bonds is 4. The van der Waals surface area contributed by atoms with Crippen molar-refractivity contribution in [3.8, 4) is 5.75 Å². The second kappa shape index (κ2) is 6.03. The molecule has 0 unspecified atom stereocenters. The van der Waals surface area contributed by atoms with Crippen LogP contribution in [-0.4, -0.2) is 32.0 Å². The van der Waals surface area contributed by atoms with Gasteiger partial charge in [-0.3, -0.25) is 0 Å². The summed E-state index contributed by atoms with van der Waals surface area (Å²) in [6.07, 6.45) is 1.77. The molecule has 0 aliphatic carbocycles. The molecule has 1 aliphatic heterocycles. The number of para-hydroxylation sites is 1. The minimum absolute atomic E-state index is 0.185. The van der Waals surface area contributed by atoms with E-state index in [0.29, 0.717) is 5.56 Å². The van der Waals surface area contributed by atoms with E-state index in [-0.39, 0.29) is 12.3 Å². The van der Waals surface area contributed by atoms with Gasteiger partial charge in [-0.25, -0.2) is 4.39 Å². The van der Waals surface area contributed by atoms with Crippen LogP contribution < -0.4 is 10.5 Å². The predicted molar refractivity (Wildman–Crippen MR) is 86.1 cm³/mol. The maximum absolute atomic E-state index is 13.8. The summed E-state index contributed by atoms with van der Waals surface area (Å²) >= 11 is 0. The fourth-order valence-corrected chi connectivity index (χ4v) is 2.27. The van der Waals surface area contributed by atoms with E-state index in [0.717, 1.165) is 5.47 Å². The zero-order chi connectivity index (χ0) is 16.5. The zero-order valence-electron chi connectivity index (χ0n) is 13.8. The number of methoxy groups -OCH3 is 1. The molecular formula is C16H23BFNO3. The molecule has 1 aromatic rings. The van der Waals surface area contributed by atoms with Crippen LogP contribution in [0.2, 0.25) is 0 Å². The van der Waals surface area contributed by atoms with Crippen molar-refractivity contribution in [2.45, 2.75) is 38.9 Å². The summed E-state index contributed by atoms with van der Waals surface area (Å²) in [6.45, 7) is 8.15. The molecule has 1 aliphatic rings. The van der Waals surface area contributed by atoms with Gasteiger partial charge < -0.3 is 19.8 Å². The Morgan fingerprint density at radius 3 is 2.36 bits per heavy atom. The first-order chi connectivity index (χ1) is 10.2. The van der Waals surface area contributed by atoms with Crippen LogP contribution in [0.4, 0.5) is 4.39 Å². The quantitative estimate of drug-likeness (QED) is 0.869. The summed E-state index contributed by atoms with van der Waals surface area (Å²) in [5.74, 6) is -0.230. The van der Waals surface area contributed by atoms with Gasteiger partial charge in [0.1, 0.15) is 0 Å². The van der Waals surface area contributed by atoms with Gasteiger partial charge in [0.05, 0.1) is 18.3 Å². The van der Waals surface area contributed by atoms with Crippen LogP contribution in [0.15, 0.2) is 23.7 Å². The van der Waals surface area contributed by atoms with Crippen molar-refractivity contribution in [2.75, 3.05) is 13.7 Å².